The molecule has 5 nitrogen and oxygen atoms in total. The Bertz CT molecular complexity index is 553. The molecule has 4 N–H and O–H groups in total. The molecule has 1 aromatic carbocycles. The molecule has 0 aliphatic rings. The minimum atomic E-state index is -1.01. The van der Waals surface area contributed by atoms with Crippen molar-refractivity contribution in [3.63, 3.8) is 0 Å². The normalized spacial score (nSPS) is 11.9. The Morgan fingerprint density at radius 1 is 1.56 bits per heavy atom. The molecule has 6 heteroatoms. The third kappa shape index (κ3) is 2.57. The smallest absolute Gasteiger partial charge is 0.320 e. The van der Waals surface area contributed by atoms with Crippen molar-refractivity contribution < 1.29 is 14.6 Å². The van der Waals surface area contributed by atoms with Gasteiger partial charge in [0.1, 0.15) is 11.8 Å². The van der Waals surface area contributed by atoms with Gasteiger partial charge in [0.2, 0.25) is 0 Å². The van der Waals surface area contributed by atoms with Gasteiger partial charge in [0.25, 0.3) is 0 Å². The zero-order chi connectivity index (χ0) is 12.4. The molecule has 0 saturated carbocycles. The highest BCUT2D eigenvalue weighted by Crippen LogP contribution is 2.29. The van der Waals surface area contributed by atoms with Gasteiger partial charge in [-0.15, -0.1) is 12.4 Å². The first kappa shape index (κ1) is 14.3. The number of hydrogen-bond acceptors (Lipinski definition) is 3. The molecule has 1 atom stereocenters. The number of hydrogen-bond donors (Lipinski definition) is 3. The zero-order valence-corrected chi connectivity index (χ0v) is 10.7. The number of aromatic nitrogens is 1. The molecule has 2 aromatic rings. The Labute approximate surface area is 110 Å². The quantitative estimate of drug-likeness (QED) is 0.786. The molecule has 0 unspecified atom stereocenters. The van der Waals surface area contributed by atoms with Gasteiger partial charge in [-0.2, -0.15) is 0 Å². The van der Waals surface area contributed by atoms with Crippen molar-refractivity contribution in [3.8, 4) is 5.75 Å². The summed E-state index contributed by atoms with van der Waals surface area (Å²) in [4.78, 5) is 13.8. The van der Waals surface area contributed by atoms with Crippen LogP contribution in [0.25, 0.3) is 10.9 Å². The molecule has 0 radical (unpaired) electrons. The van der Waals surface area contributed by atoms with Crippen molar-refractivity contribution in [3.05, 3.63) is 30.0 Å². The van der Waals surface area contributed by atoms with Crippen LogP contribution >= 0.6 is 12.4 Å². The number of fused-ring (bicyclic) bond motifs is 1. The van der Waals surface area contributed by atoms with E-state index < -0.39 is 12.0 Å². The number of carbonyl (C=O) groups is 1. The summed E-state index contributed by atoms with van der Waals surface area (Å²) in [6.07, 6.45) is 2.05. The van der Waals surface area contributed by atoms with Crippen molar-refractivity contribution in [1.29, 1.82) is 0 Å². The van der Waals surface area contributed by atoms with Gasteiger partial charge in [-0.05, 0) is 17.7 Å². The van der Waals surface area contributed by atoms with Gasteiger partial charge >= 0.3 is 5.97 Å². The molecule has 1 heterocycles. The summed E-state index contributed by atoms with van der Waals surface area (Å²) >= 11 is 0. The van der Waals surface area contributed by atoms with E-state index >= 15 is 0 Å². The third-order valence-corrected chi connectivity index (χ3v) is 2.73. The van der Waals surface area contributed by atoms with E-state index in [9.17, 15) is 4.79 Å². The highest BCUT2D eigenvalue weighted by Gasteiger charge is 2.16. The SMILES string of the molecule is COc1cccc2[nH]cc(C[C@@H](N)C(=O)O)c12.Cl. The van der Waals surface area contributed by atoms with E-state index in [2.05, 4.69) is 4.98 Å². The minimum Gasteiger partial charge on any atom is -0.496 e. The number of benzene rings is 1. The number of nitrogens with two attached hydrogens (primary N) is 1. The molecule has 18 heavy (non-hydrogen) atoms. The molecular weight excluding hydrogens is 256 g/mol. The van der Waals surface area contributed by atoms with E-state index in [4.69, 9.17) is 15.6 Å². The number of aliphatic carboxylic acids is 1. The van der Waals surface area contributed by atoms with Crippen LogP contribution in [0.3, 0.4) is 0 Å². The van der Waals surface area contributed by atoms with Gasteiger partial charge in [0, 0.05) is 23.5 Å². The highest BCUT2D eigenvalue weighted by molar-refractivity contribution is 5.90. The number of aromatic amines is 1. The van der Waals surface area contributed by atoms with Crippen LogP contribution in [0.2, 0.25) is 0 Å². The van der Waals surface area contributed by atoms with E-state index in [-0.39, 0.29) is 18.8 Å². The number of carboxylic acids is 1. The van der Waals surface area contributed by atoms with Gasteiger partial charge in [-0.1, -0.05) is 6.07 Å². The van der Waals surface area contributed by atoms with Crippen LogP contribution in [0, 0.1) is 0 Å². The Morgan fingerprint density at radius 3 is 2.89 bits per heavy atom. The second kappa shape index (κ2) is 5.75. The van der Waals surface area contributed by atoms with Gasteiger partial charge in [-0.25, -0.2) is 0 Å². The second-order valence-electron chi connectivity index (χ2n) is 3.85. The lowest BCUT2D eigenvalue weighted by Gasteiger charge is -2.07. The summed E-state index contributed by atoms with van der Waals surface area (Å²) in [7, 11) is 1.59. The minimum absolute atomic E-state index is 0. The Morgan fingerprint density at radius 2 is 2.28 bits per heavy atom. The molecule has 0 amide bonds. The molecule has 0 bridgehead atoms. The van der Waals surface area contributed by atoms with Crippen LogP contribution in [0.5, 0.6) is 5.75 Å². The van der Waals surface area contributed by atoms with Crippen LogP contribution in [0.15, 0.2) is 24.4 Å². The lowest BCUT2D eigenvalue weighted by Crippen LogP contribution is -2.32. The van der Waals surface area contributed by atoms with Crippen LogP contribution in [0.4, 0.5) is 0 Å². The summed E-state index contributed by atoms with van der Waals surface area (Å²) < 4.78 is 5.26. The molecule has 98 valence electrons. The van der Waals surface area contributed by atoms with Crippen molar-refractivity contribution in [2.75, 3.05) is 7.11 Å². The van der Waals surface area contributed by atoms with E-state index in [0.717, 1.165) is 22.2 Å². The molecule has 0 aliphatic carbocycles. The maximum Gasteiger partial charge on any atom is 0.320 e. The number of ether oxygens (including phenoxy) is 1. The predicted molar refractivity (Wildman–Crippen MR) is 71.4 cm³/mol. The van der Waals surface area contributed by atoms with Gasteiger partial charge in [0.15, 0.2) is 0 Å². The molecule has 0 fully saturated rings. The molecule has 0 spiro atoms. The largest absolute Gasteiger partial charge is 0.496 e. The maximum absolute atomic E-state index is 10.7. The number of nitrogens with one attached hydrogen (secondary N) is 1. The van der Waals surface area contributed by atoms with E-state index in [1.54, 1.807) is 13.3 Å². The summed E-state index contributed by atoms with van der Waals surface area (Å²) in [5, 5.41) is 9.71. The summed E-state index contributed by atoms with van der Waals surface area (Å²) in [5.41, 5.74) is 7.30. The lowest BCUT2D eigenvalue weighted by atomic mass is 10.1. The monoisotopic (exact) mass is 270 g/mol. The van der Waals surface area contributed by atoms with Crippen molar-refractivity contribution in [1.82, 2.24) is 4.98 Å². The van der Waals surface area contributed by atoms with Gasteiger partial charge < -0.3 is 20.6 Å². The molecule has 1 aromatic heterocycles. The maximum atomic E-state index is 10.7. The molecule has 2 rings (SSSR count). The zero-order valence-electron chi connectivity index (χ0n) is 9.84. The van der Waals surface area contributed by atoms with Gasteiger partial charge in [0.05, 0.1) is 7.11 Å². The van der Waals surface area contributed by atoms with Crippen LogP contribution in [-0.2, 0) is 11.2 Å². The molecule has 0 saturated heterocycles. The number of H-pyrrole nitrogens is 1. The van der Waals surface area contributed by atoms with E-state index in [1.807, 2.05) is 18.2 Å². The third-order valence-electron chi connectivity index (χ3n) is 2.73. The first-order chi connectivity index (χ1) is 8.13. The van der Waals surface area contributed by atoms with Crippen LogP contribution in [-0.4, -0.2) is 29.2 Å². The van der Waals surface area contributed by atoms with Crippen LogP contribution in [0.1, 0.15) is 5.56 Å². The Kier molecular flexibility index (Phi) is 4.58. The number of carboxylic acid groups (broad SMARTS) is 1. The number of halogens is 1. The Hall–Kier alpha value is -1.72. The van der Waals surface area contributed by atoms with Crippen molar-refractivity contribution in [2.45, 2.75) is 12.5 Å². The fourth-order valence-electron chi connectivity index (χ4n) is 1.87. The second-order valence-corrected chi connectivity index (χ2v) is 3.85. The standard InChI is InChI=1S/C12H14N2O3.ClH/c1-17-10-4-2-3-9-11(10)7(6-14-9)5-8(13)12(15)16;/h2-4,6,8,14H,5,13H2,1H3,(H,15,16);1H/t8-;/m1./s1. The summed E-state index contributed by atoms with van der Waals surface area (Å²) in [6.45, 7) is 0. The number of methoxy groups -OCH3 is 1. The fourth-order valence-corrected chi connectivity index (χ4v) is 1.87. The molecular formula is C12H15ClN2O3. The summed E-state index contributed by atoms with van der Waals surface area (Å²) in [6, 6.07) is 4.72. The average molecular weight is 271 g/mol. The first-order valence-electron chi connectivity index (χ1n) is 5.25. The number of rotatable bonds is 4. The highest BCUT2D eigenvalue weighted by atomic mass is 35.5. The lowest BCUT2D eigenvalue weighted by molar-refractivity contribution is -0.138. The Balaban J connectivity index is 0.00000162. The van der Waals surface area contributed by atoms with Crippen molar-refractivity contribution in [2.24, 2.45) is 5.73 Å². The topological polar surface area (TPSA) is 88.3 Å². The van der Waals surface area contributed by atoms with E-state index in [0.29, 0.717) is 0 Å². The average Bonchev–Trinajstić information content (AvgIpc) is 2.72. The van der Waals surface area contributed by atoms with Crippen molar-refractivity contribution >= 4 is 29.3 Å². The first-order valence-corrected chi connectivity index (χ1v) is 5.25. The molecule has 0 aliphatic heterocycles. The predicted octanol–water partition coefficient (Wildman–Crippen LogP) is 1.55. The van der Waals surface area contributed by atoms with Gasteiger partial charge in [-0.3, -0.25) is 4.79 Å². The summed E-state index contributed by atoms with van der Waals surface area (Å²) in [5.74, 6) is -0.286. The van der Waals surface area contributed by atoms with Crippen LogP contribution < -0.4 is 10.5 Å². The van der Waals surface area contributed by atoms with E-state index in [1.165, 1.54) is 0 Å². The fraction of sp³-hybridized carbons (Fsp3) is 0.250.